The predicted octanol–water partition coefficient (Wildman–Crippen LogP) is 7.93. The second-order valence-electron chi connectivity index (χ2n) is 8.09. The first kappa shape index (κ1) is 19.5. The van der Waals surface area contributed by atoms with E-state index in [1.54, 1.807) is 35.1 Å². The van der Waals surface area contributed by atoms with Crippen molar-refractivity contribution >= 4 is 22.7 Å². The smallest absolute Gasteiger partial charge is 0.144 e. The van der Waals surface area contributed by atoms with Crippen LogP contribution < -0.4 is 0 Å². The first-order valence-corrected chi connectivity index (χ1v) is 12.6. The summed E-state index contributed by atoms with van der Waals surface area (Å²) >= 11 is 3.36. The maximum Gasteiger partial charge on any atom is 0.144 e. The van der Waals surface area contributed by atoms with Crippen molar-refractivity contribution in [2.75, 3.05) is 0 Å². The predicted molar refractivity (Wildman–Crippen MR) is 134 cm³/mol. The third-order valence-electron chi connectivity index (χ3n) is 6.07. The third-order valence-corrected chi connectivity index (χ3v) is 8.09. The molecule has 3 heterocycles. The van der Waals surface area contributed by atoms with Gasteiger partial charge in [-0.1, -0.05) is 61.0 Å². The molecule has 156 valence electrons. The van der Waals surface area contributed by atoms with Crippen LogP contribution >= 0.6 is 22.7 Å². The summed E-state index contributed by atoms with van der Waals surface area (Å²) in [5.41, 5.74) is 6.87. The van der Waals surface area contributed by atoms with Crippen molar-refractivity contribution in [3.05, 3.63) is 90.1 Å². The fourth-order valence-corrected chi connectivity index (χ4v) is 6.00. The third kappa shape index (κ3) is 3.68. The van der Waals surface area contributed by atoms with Crippen molar-refractivity contribution < 1.29 is 0 Å². The zero-order valence-electron chi connectivity index (χ0n) is 17.4. The minimum Gasteiger partial charge on any atom is -0.265 e. The van der Waals surface area contributed by atoms with Gasteiger partial charge >= 0.3 is 0 Å². The highest BCUT2D eigenvalue weighted by molar-refractivity contribution is 7.19. The van der Waals surface area contributed by atoms with Gasteiger partial charge < -0.3 is 0 Å². The lowest BCUT2D eigenvalue weighted by molar-refractivity contribution is 0.420. The average molecular weight is 452 g/mol. The summed E-state index contributed by atoms with van der Waals surface area (Å²) in [6.45, 7) is 0. The van der Waals surface area contributed by atoms with Crippen LogP contribution in [0.2, 0.25) is 0 Å². The van der Waals surface area contributed by atoms with Crippen LogP contribution in [0.3, 0.4) is 0 Å². The summed E-state index contributed by atoms with van der Waals surface area (Å²) in [6.07, 6.45) is 7.60. The molecule has 1 aliphatic rings. The molecule has 3 aromatic heterocycles. The molecule has 1 fully saturated rings. The summed E-state index contributed by atoms with van der Waals surface area (Å²) in [5.74, 6) is 0.741. The molecule has 0 atom stereocenters. The summed E-state index contributed by atoms with van der Waals surface area (Å²) < 4.78 is 0. The largest absolute Gasteiger partial charge is 0.265 e. The van der Waals surface area contributed by atoms with Gasteiger partial charge in [0.25, 0.3) is 0 Å². The number of hydrogen-bond acceptors (Lipinski definition) is 5. The topological polar surface area (TPSA) is 38.7 Å². The number of hydrogen-bond donors (Lipinski definition) is 0. The van der Waals surface area contributed by atoms with E-state index in [0.717, 1.165) is 32.9 Å². The van der Waals surface area contributed by atoms with Gasteiger partial charge in [0, 0.05) is 28.9 Å². The zero-order chi connectivity index (χ0) is 21.3. The van der Waals surface area contributed by atoms with E-state index in [0.29, 0.717) is 0 Å². The second-order valence-corrected chi connectivity index (χ2v) is 9.94. The lowest BCUT2D eigenvalue weighted by Gasteiger charge is -2.25. The van der Waals surface area contributed by atoms with Gasteiger partial charge in [0.05, 0.1) is 10.6 Å². The Morgan fingerprint density at radius 3 is 2.22 bits per heavy atom. The van der Waals surface area contributed by atoms with Gasteiger partial charge in [0.2, 0.25) is 0 Å². The fourth-order valence-electron chi connectivity index (χ4n) is 4.06. The fraction of sp³-hybridized carbons (Fsp3) is 0.148. The van der Waals surface area contributed by atoms with Crippen LogP contribution in [0.5, 0.6) is 0 Å². The monoisotopic (exact) mass is 451 g/mol. The van der Waals surface area contributed by atoms with E-state index in [-0.39, 0.29) is 0 Å². The SMILES string of the molecule is c1ccc(-c2sc(-c3csc(-c4ccncc4)n3)nc2-c2ccc(C3CCC3)cc2)cc1. The van der Waals surface area contributed by atoms with Gasteiger partial charge in [0.1, 0.15) is 15.7 Å². The molecule has 0 bridgehead atoms. The Labute approximate surface area is 195 Å². The van der Waals surface area contributed by atoms with E-state index >= 15 is 0 Å². The maximum absolute atomic E-state index is 5.09. The van der Waals surface area contributed by atoms with Crippen LogP contribution in [0, 0.1) is 0 Å². The minimum absolute atomic E-state index is 0.741. The standard InChI is InChI=1S/C27H21N3S2/c1-2-5-21(6-3-1)25-24(20-11-9-19(10-12-20)18-7-4-8-18)30-27(32-25)23-17-31-26(29-23)22-13-15-28-16-14-22/h1-3,5-6,9-18H,4,7-8H2. The highest BCUT2D eigenvalue weighted by Crippen LogP contribution is 2.42. The van der Waals surface area contributed by atoms with Crippen LogP contribution in [0.15, 0.2) is 84.5 Å². The summed E-state index contributed by atoms with van der Waals surface area (Å²) in [6, 6.07) is 23.6. The Morgan fingerprint density at radius 1 is 0.719 bits per heavy atom. The van der Waals surface area contributed by atoms with E-state index in [1.807, 2.05) is 12.1 Å². The summed E-state index contributed by atoms with van der Waals surface area (Å²) in [7, 11) is 0. The van der Waals surface area contributed by atoms with Crippen molar-refractivity contribution in [3.63, 3.8) is 0 Å². The molecular formula is C27H21N3S2. The number of rotatable bonds is 5. The van der Waals surface area contributed by atoms with Crippen molar-refractivity contribution in [2.24, 2.45) is 0 Å². The van der Waals surface area contributed by atoms with Gasteiger partial charge in [-0.2, -0.15) is 0 Å². The molecule has 5 aromatic rings. The van der Waals surface area contributed by atoms with Gasteiger partial charge in [0.15, 0.2) is 0 Å². The normalized spacial score (nSPS) is 13.8. The Hall–Kier alpha value is -3.15. The van der Waals surface area contributed by atoms with Crippen molar-refractivity contribution in [3.8, 4) is 43.0 Å². The molecule has 0 N–H and O–H groups in total. The highest BCUT2D eigenvalue weighted by atomic mass is 32.1. The van der Waals surface area contributed by atoms with Gasteiger partial charge in [-0.3, -0.25) is 4.98 Å². The maximum atomic E-state index is 5.09. The Balaban J connectivity index is 1.41. The van der Waals surface area contributed by atoms with E-state index in [2.05, 4.69) is 65.0 Å². The molecule has 0 saturated heterocycles. The quantitative estimate of drug-likeness (QED) is 0.272. The summed E-state index contributed by atoms with van der Waals surface area (Å²) in [4.78, 5) is 15.3. The van der Waals surface area contributed by atoms with Crippen molar-refractivity contribution in [2.45, 2.75) is 25.2 Å². The van der Waals surface area contributed by atoms with E-state index in [4.69, 9.17) is 9.97 Å². The van der Waals surface area contributed by atoms with E-state index < -0.39 is 0 Å². The molecule has 2 aromatic carbocycles. The molecule has 1 saturated carbocycles. The average Bonchev–Trinajstić information content (AvgIpc) is 3.48. The van der Waals surface area contributed by atoms with Gasteiger partial charge in [-0.05, 0) is 42.0 Å². The van der Waals surface area contributed by atoms with Crippen LogP contribution in [0.25, 0.3) is 43.0 Å². The molecule has 5 heteroatoms. The lowest BCUT2D eigenvalue weighted by atomic mass is 9.80. The van der Waals surface area contributed by atoms with Gasteiger partial charge in [-0.15, -0.1) is 22.7 Å². The molecule has 6 rings (SSSR count). The molecule has 0 unspecified atom stereocenters. The van der Waals surface area contributed by atoms with E-state index in [9.17, 15) is 0 Å². The molecule has 32 heavy (non-hydrogen) atoms. The lowest BCUT2D eigenvalue weighted by Crippen LogP contribution is -2.08. The molecule has 0 aliphatic heterocycles. The Bertz CT molecular complexity index is 1330. The molecule has 0 spiro atoms. The van der Waals surface area contributed by atoms with Crippen molar-refractivity contribution in [1.82, 2.24) is 15.0 Å². The van der Waals surface area contributed by atoms with E-state index in [1.165, 1.54) is 40.8 Å². The minimum atomic E-state index is 0.741. The van der Waals surface area contributed by atoms with Crippen LogP contribution in [0.4, 0.5) is 0 Å². The first-order chi connectivity index (χ1) is 15.8. The number of pyridine rings is 1. The van der Waals surface area contributed by atoms with Crippen LogP contribution in [-0.2, 0) is 0 Å². The second kappa shape index (κ2) is 8.41. The zero-order valence-corrected chi connectivity index (χ0v) is 19.1. The number of aromatic nitrogens is 3. The highest BCUT2D eigenvalue weighted by Gasteiger charge is 2.21. The molecule has 1 aliphatic carbocycles. The molecule has 0 amide bonds. The Kier molecular flexibility index (Phi) is 5.13. The number of thiazole rings is 2. The molecule has 0 radical (unpaired) electrons. The first-order valence-electron chi connectivity index (χ1n) is 10.9. The summed E-state index contributed by atoms with van der Waals surface area (Å²) in [5, 5.41) is 4.05. The number of benzene rings is 2. The Morgan fingerprint density at radius 2 is 1.50 bits per heavy atom. The van der Waals surface area contributed by atoms with Crippen LogP contribution in [0.1, 0.15) is 30.7 Å². The molecule has 3 nitrogen and oxygen atoms in total. The van der Waals surface area contributed by atoms with Gasteiger partial charge in [-0.25, -0.2) is 9.97 Å². The van der Waals surface area contributed by atoms with Crippen LogP contribution in [-0.4, -0.2) is 15.0 Å². The molecular weight excluding hydrogens is 430 g/mol. The number of nitrogens with zero attached hydrogens (tertiary/aromatic N) is 3. The van der Waals surface area contributed by atoms with Crippen molar-refractivity contribution in [1.29, 1.82) is 0 Å².